The van der Waals surface area contributed by atoms with Gasteiger partial charge in [0, 0.05) is 23.9 Å². The van der Waals surface area contributed by atoms with Gasteiger partial charge in [0.05, 0.1) is 16.1 Å². The van der Waals surface area contributed by atoms with E-state index in [4.69, 9.17) is 11.6 Å². The van der Waals surface area contributed by atoms with Gasteiger partial charge in [0.25, 0.3) is 0 Å². The second kappa shape index (κ2) is 7.05. The SMILES string of the molecule is C[N+]1=C(/C=C/Nc2ccccc2Cl)C(C)(C)c2ccccc21.[I-]. The van der Waals surface area contributed by atoms with Gasteiger partial charge in [-0.25, -0.2) is 0 Å². The zero-order chi connectivity index (χ0) is 15.7. The number of anilines is 1. The average Bonchev–Trinajstić information content (AvgIpc) is 2.70. The van der Waals surface area contributed by atoms with Crippen LogP contribution in [0.5, 0.6) is 0 Å². The summed E-state index contributed by atoms with van der Waals surface area (Å²) in [4.78, 5) is 0. The summed E-state index contributed by atoms with van der Waals surface area (Å²) in [5.74, 6) is 0. The Morgan fingerprint density at radius 1 is 1.04 bits per heavy atom. The molecular formula is C19H20ClIN2. The summed E-state index contributed by atoms with van der Waals surface area (Å²) in [6.07, 6.45) is 4.09. The number of nitrogens with zero attached hydrogens (tertiary/aromatic N) is 1. The molecule has 0 bridgehead atoms. The third-order valence-electron chi connectivity index (χ3n) is 4.29. The molecule has 0 unspecified atom stereocenters. The fourth-order valence-electron chi connectivity index (χ4n) is 3.09. The summed E-state index contributed by atoms with van der Waals surface area (Å²) in [7, 11) is 2.11. The maximum Gasteiger partial charge on any atom is 0.209 e. The zero-order valence-electron chi connectivity index (χ0n) is 13.5. The lowest BCUT2D eigenvalue weighted by Crippen LogP contribution is -3.00. The maximum atomic E-state index is 6.16. The minimum atomic E-state index is -0.00991. The molecule has 0 atom stereocenters. The molecule has 3 rings (SSSR count). The van der Waals surface area contributed by atoms with Crippen LogP contribution in [0.4, 0.5) is 11.4 Å². The first kappa shape index (κ1) is 18.0. The van der Waals surface area contributed by atoms with Crippen LogP contribution in [0.2, 0.25) is 5.02 Å². The lowest BCUT2D eigenvalue weighted by molar-refractivity contribution is -0.401. The van der Waals surface area contributed by atoms with Crippen LogP contribution in [0.1, 0.15) is 19.4 Å². The Morgan fingerprint density at radius 3 is 2.39 bits per heavy atom. The van der Waals surface area contributed by atoms with E-state index in [1.54, 1.807) is 0 Å². The summed E-state index contributed by atoms with van der Waals surface area (Å²) in [6, 6.07) is 16.3. The molecular weight excluding hydrogens is 419 g/mol. The molecule has 1 N–H and O–H groups in total. The van der Waals surface area contributed by atoms with Crippen LogP contribution in [-0.4, -0.2) is 17.3 Å². The molecule has 0 spiro atoms. The molecule has 0 fully saturated rings. The minimum Gasteiger partial charge on any atom is -1.00 e. The summed E-state index contributed by atoms with van der Waals surface area (Å²) < 4.78 is 2.25. The van der Waals surface area contributed by atoms with Crippen molar-refractivity contribution in [1.82, 2.24) is 0 Å². The van der Waals surface area contributed by atoms with Gasteiger partial charge in [-0.05, 0) is 26.0 Å². The molecule has 0 amide bonds. The molecule has 2 aromatic carbocycles. The molecule has 120 valence electrons. The van der Waals surface area contributed by atoms with Gasteiger partial charge in [-0.1, -0.05) is 41.9 Å². The van der Waals surface area contributed by atoms with Crippen molar-refractivity contribution in [2.45, 2.75) is 19.3 Å². The Morgan fingerprint density at radius 2 is 1.70 bits per heavy atom. The smallest absolute Gasteiger partial charge is 0.209 e. The maximum absolute atomic E-state index is 6.16. The Balaban J connectivity index is 0.00000192. The van der Waals surface area contributed by atoms with Gasteiger partial charge in [0.2, 0.25) is 5.69 Å². The highest BCUT2D eigenvalue weighted by Crippen LogP contribution is 2.38. The number of para-hydroxylation sites is 2. The quantitative estimate of drug-likeness (QED) is 0.572. The van der Waals surface area contributed by atoms with Gasteiger partial charge in [0.15, 0.2) is 5.71 Å². The predicted molar refractivity (Wildman–Crippen MR) is 94.5 cm³/mol. The van der Waals surface area contributed by atoms with Crippen LogP contribution in [-0.2, 0) is 5.41 Å². The molecule has 0 aliphatic carbocycles. The fraction of sp³-hybridized carbons (Fsp3) is 0.211. The van der Waals surface area contributed by atoms with Gasteiger partial charge in [0.1, 0.15) is 7.05 Å². The molecule has 0 saturated heterocycles. The lowest BCUT2D eigenvalue weighted by Gasteiger charge is -2.15. The summed E-state index contributed by atoms with van der Waals surface area (Å²) >= 11 is 6.16. The Kier molecular flexibility index (Phi) is 5.53. The highest BCUT2D eigenvalue weighted by atomic mass is 127. The van der Waals surface area contributed by atoms with Crippen molar-refractivity contribution in [2.24, 2.45) is 0 Å². The molecule has 0 aromatic heterocycles. The second-order valence-electron chi connectivity index (χ2n) is 6.04. The van der Waals surface area contributed by atoms with Crippen LogP contribution < -0.4 is 29.3 Å². The average molecular weight is 439 g/mol. The third-order valence-corrected chi connectivity index (χ3v) is 4.62. The first-order valence-corrected chi connectivity index (χ1v) is 7.78. The molecule has 4 heteroatoms. The van der Waals surface area contributed by atoms with E-state index in [2.05, 4.69) is 61.1 Å². The van der Waals surface area contributed by atoms with Gasteiger partial charge >= 0.3 is 0 Å². The molecule has 1 aliphatic rings. The Bertz CT molecular complexity index is 778. The largest absolute Gasteiger partial charge is 1.00 e. The van der Waals surface area contributed by atoms with Crippen LogP contribution >= 0.6 is 11.6 Å². The van der Waals surface area contributed by atoms with Crippen LogP contribution in [0, 0.1) is 0 Å². The van der Waals surface area contributed by atoms with Crippen molar-refractivity contribution in [3.63, 3.8) is 0 Å². The highest BCUT2D eigenvalue weighted by Gasteiger charge is 2.42. The molecule has 0 saturated carbocycles. The van der Waals surface area contributed by atoms with Crippen LogP contribution in [0.15, 0.2) is 60.8 Å². The van der Waals surface area contributed by atoms with Crippen molar-refractivity contribution in [3.05, 3.63) is 71.4 Å². The fourth-order valence-corrected chi connectivity index (χ4v) is 3.28. The second-order valence-corrected chi connectivity index (χ2v) is 6.45. The van der Waals surface area contributed by atoms with Crippen molar-refractivity contribution in [2.75, 3.05) is 12.4 Å². The highest BCUT2D eigenvalue weighted by molar-refractivity contribution is 6.33. The number of nitrogens with one attached hydrogen (secondary N) is 1. The lowest BCUT2D eigenvalue weighted by atomic mass is 9.81. The van der Waals surface area contributed by atoms with Gasteiger partial charge in [-0.2, -0.15) is 4.58 Å². The predicted octanol–water partition coefficient (Wildman–Crippen LogP) is 1.98. The van der Waals surface area contributed by atoms with Crippen LogP contribution in [0.3, 0.4) is 0 Å². The van der Waals surface area contributed by atoms with E-state index in [9.17, 15) is 0 Å². The number of hydrogen-bond donors (Lipinski definition) is 1. The van der Waals surface area contributed by atoms with E-state index in [0.717, 1.165) is 10.7 Å². The monoisotopic (exact) mass is 438 g/mol. The standard InChI is InChI=1S/C19H19ClN2.HI/c1-19(2)14-8-4-7-11-17(14)22(3)18(19)12-13-21-16-10-6-5-9-15(16)20;/h4-13H,1-3H3;1H. The molecule has 2 nitrogen and oxygen atoms in total. The topological polar surface area (TPSA) is 15.0 Å². The van der Waals surface area contributed by atoms with Gasteiger partial charge in [-0.15, -0.1) is 0 Å². The molecule has 1 heterocycles. The Hall–Kier alpha value is -1.33. The van der Waals surface area contributed by atoms with E-state index in [0.29, 0.717) is 0 Å². The van der Waals surface area contributed by atoms with E-state index in [-0.39, 0.29) is 29.4 Å². The number of fused-ring (bicyclic) bond motifs is 1. The van der Waals surface area contributed by atoms with Crippen molar-refractivity contribution >= 4 is 28.7 Å². The number of rotatable bonds is 3. The number of hydrogen-bond acceptors (Lipinski definition) is 1. The van der Waals surface area contributed by atoms with E-state index in [1.165, 1.54) is 17.0 Å². The first-order chi connectivity index (χ1) is 10.5. The molecule has 1 aliphatic heterocycles. The van der Waals surface area contributed by atoms with Crippen molar-refractivity contribution in [1.29, 1.82) is 0 Å². The van der Waals surface area contributed by atoms with Gasteiger partial charge in [-0.3, -0.25) is 0 Å². The van der Waals surface area contributed by atoms with Crippen molar-refractivity contribution in [3.8, 4) is 0 Å². The van der Waals surface area contributed by atoms with Crippen LogP contribution in [0.25, 0.3) is 0 Å². The molecule has 0 radical (unpaired) electrons. The number of halogens is 2. The van der Waals surface area contributed by atoms with E-state index < -0.39 is 0 Å². The summed E-state index contributed by atoms with van der Waals surface area (Å²) in [5.41, 5.74) is 4.79. The third kappa shape index (κ3) is 3.31. The molecule has 23 heavy (non-hydrogen) atoms. The van der Waals surface area contributed by atoms with Crippen molar-refractivity contribution < 1.29 is 28.6 Å². The minimum absolute atomic E-state index is 0. The summed E-state index contributed by atoms with van der Waals surface area (Å²) in [6.45, 7) is 4.51. The summed E-state index contributed by atoms with van der Waals surface area (Å²) in [5, 5.41) is 3.99. The number of benzene rings is 2. The normalized spacial score (nSPS) is 15.5. The first-order valence-electron chi connectivity index (χ1n) is 7.40. The van der Waals surface area contributed by atoms with E-state index >= 15 is 0 Å². The van der Waals surface area contributed by atoms with Gasteiger partial charge < -0.3 is 29.3 Å². The van der Waals surface area contributed by atoms with E-state index in [1.807, 2.05) is 30.5 Å². The number of allylic oxidation sites excluding steroid dienone is 1. The molecule has 2 aromatic rings. The zero-order valence-corrected chi connectivity index (χ0v) is 16.4. The Labute approximate surface area is 159 Å².